The van der Waals surface area contributed by atoms with Gasteiger partial charge in [0.15, 0.2) is 0 Å². The minimum absolute atomic E-state index is 0.0148. The molecule has 0 aromatic heterocycles. The van der Waals surface area contributed by atoms with E-state index in [0.29, 0.717) is 27.7 Å². The fourth-order valence-electron chi connectivity index (χ4n) is 2.76. The summed E-state index contributed by atoms with van der Waals surface area (Å²) in [6, 6.07) is 13.1. The first-order valence-corrected chi connectivity index (χ1v) is 8.97. The number of nitrogens with zero attached hydrogens (tertiary/aromatic N) is 2. The molecular weight excluding hydrogens is 376 g/mol. The Morgan fingerprint density at radius 2 is 1.57 bits per heavy atom. The fraction of sp³-hybridized carbons (Fsp3) is 0.0909. The van der Waals surface area contributed by atoms with E-state index in [1.807, 2.05) is 0 Å². The lowest BCUT2D eigenvalue weighted by atomic mass is 10.1. The zero-order valence-electron chi connectivity index (χ0n) is 15.4. The summed E-state index contributed by atoms with van der Waals surface area (Å²) >= 11 is 5.93. The maximum atomic E-state index is 13.5. The summed E-state index contributed by atoms with van der Waals surface area (Å²) in [6.07, 6.45) is 4.66. The maximum absolute atomic E-state index is 13.5. The third kappa shape index (κ3) is 4.32. The lowest BCUT2D eigenvalue weighted by Crippen LogP contribution is -2.35. The second-order valence-electron chi connectivity index (χ2n) is 6.32. The highest BCUT2D eigenvalue weighted by molar-refractivity contribution is 6.50. The van der Waals surface area contributed by atoms with Gasteiger partial charge in [-0.05, 0) is 86.2 Å². The molecule has 0 saturated carbocycles. The van der Waals surface area contributed by atoms with Crippen LogP contribution in [0.25, 0.3) is 0 Å². The van der Waals surface area contributed by atoms with Gasteiger partial charge in [-0.15, -0.1) is 0 Å². The number of carbonyl (C=O) groups is 1. The van der Waals surface area contributed by atoms with E-state index in [4.69, 9.17) is 11.6 Å². The normalized spacial score (nSPS) is 22.2. The quantitative estimate of drug-likeness (QED) is 0.710. The topological polar surface area (TPSA) is 73.1 Å². The molecule has 1 amide bonds. The molecule has 142 valence electrons. The number of aliphatic hydroxyl groups excluding tert-OH is 1. The van der Waals surface area contributed by atoms with E-state index in [2.05, 4.69) is 4.99 Å². The molecule has 0 saturated heterocycles. The number of amides is 1. The van der Waals surface area contributed by atoms with Crippen LogP contribution in [0.2, 0.25) is 5.02 Å². The Balaban J connectivity index is 2.17. The third-order valence-electron chi connectivity index (χ3n) is 4.17. The molecule has 2 aromatic rings. The molecule has 0 unspecified atom stereocenters. The predicted octanol–water partition coefficient (Wildman–Crippen LogP) is 5.46. The number of phenols is 1. The molecule has 0 atom stereocenters. The highest BCUT2D eigenvalue weighted by Crippen LogP contribution is 2.26. The molecule has 1 aliphatic heterocycles. The standard InChI is InChI=1S/C22H19ClN2O3/c1-14-13-20(27)10-3-15(2)25(18-8-11-19(26)12-9-18)22(28)21(14)24-17-6-4-16(23)5-7-17/h3-13,26-27H,1-2H3/b14-13+,15-3+,20-10+,24-21?. The molecular formula is C22H19ClN2O3. The molecule has 0 aliphatic carbocycles. The van der Waals surface area contributed by atoms with Crippen molar-refractivity contribution in [2.45, 2.75) is 13.8 Å². The number of hydrogen-bond donors (Lipinski definition) is 2. The Labute approximate surface area is 168 Å². The summed E-state index contributed by atoms with van der Waals surface area (Å²) in [4.78, 5) is 19.5. The van der Waals surface area contributed by atoms with Crippen molar-refractivity contribution >= 4 is 34.6 Å². The minimum Gasteiger partial charge on any atom is -0.508 e. The molecule has 28 heavy (non-hydrogen) atoms. The molecule has 0 spiro atoms. The van der Waals surface area contributed by atoms with Crippen molar-refractivity contribution in [2.24, 2.45) is 4.99 Å². The Morgan fingerprint density at radius 1 is 0.929 bits per heavy atom. The van der Waals surface area contributed by atoms with Crippen molar-refractivity contribution in [2.75, 3.05) is 4.90 Å². The molecule has 0 radical (unpaired) electrons. The number of carbonyl (C=O) groups excluding carboxylic acids is 1. The average Bonchev–Trinajstić information content (AvgIpc) is 2.70. The Bertz CT molecular complexity index is 1020. The number of halogens is 1. The van der Waals surface area contributed by atoms with E-state index in [0.717, 1.165) is 0 Å². The van der Waals surface area contributed by atoms with Gasteiger partial charge in [0, 0.05) is 16.4 Å². The summed E-state index contributed by atoms with van der Waals surface area (Å²) in [5.74, 6) is -0.238. The van der Waals surface area contributed by atoms with Gasteiger partial charge < -0.3 is 10.2 Å². The summed E-state index contributed by atoms with van der Waals surface area (Å²) in [5, 5.41) is 20.3. The smallest absolute Gasteiger partial charge is 0.281 e. The zero-order chi connectivity index (χ0) is 20.3. The van der Waals surface area contributed by atoms with Crippen LogP contribution in [0.1, 0.15) is 13.8 Å². The summed E-state index contributed by atoms with van der Waals surface area (Å²) in [7, 11) is 0. The number of benzene rings is 2. The van der Waals surface area contributed by atoms with E-state index < -0.39 is 0 Å². The zero-order valence-corrected chi connectivity index (χ0v) is 16.2. The van der Waals surface area contributed by atoms with Gasteiger partial charge in [0.25, 0.3) is 5.91 Å². The van der Waals surface area contributed by atoms with Gasteiger partial charge in [-0.2, -0.15) is 0 Å². The SMILES string of the molecule is C\C1=C/C(O)=C\C=C(/C)N(c2ccc(O)cc2)C(=O)C1=Nc1ccc(Cl)cc1. The number of aliphatic hydroxyl groups is 1. The maximum Gasteiger partial charge on any atom is 0.281 e. The molecule has 1 heterocycles. The molecule has 2 aromatic carbocycles. The van der Waals surface area contributed by atoms with E-state index in [1.54, 1.807) is 56.3 Å². The molecule has 5 nitrogen and oxygen atoms in total. The van der Waals surface area contributed by atoms with Crippen LogP contribution < -0.4 is 4.90 Å². The van der Waals surface area contributed by atoms with Crippen LogP contribution in [0.3, 0.4) is 0 Å². The average molecular weight is 395 g/mol. The van der Waals surface area contributed by atoms with Crippen molar-refractivity contribution in [3.05, 3.63) is 88.8 Å². The number of aromatic hydroxyl groups is 1. The number of hydrogen-bond acceptors (Lipinski definition) is 4. The van der Waals surface area contributed by atoms with Crippen molar-refractivity contribution < 1.29 is 15.0 Å². The van der Waals surface area contributed by atoms with Gasteiger partial charge in [-0.1, -0.05) is 11.6 Å². The van der Waals surface area contributed by atoms with Crippen LogP contribution >= 0.6 is 11.6 Å². The first kappa shape index (κ1) is 19.5. The number of rotatable bonds is 2. The van der Waals surface area contributed by atoms with Crippen molar-refractivity contribution in [3.8, 4) is 5.75 Å². The lowest BCUT2D eigenvalue weighted by Gasteiger charge is -2.24. The number of aliphatic imine (C=N–C) groups is 1. The van der Waals surface area contributed by atoms with Crippen LogP contribution in [0.4, 0.5) is 11.4 Å². The lowest BCUT2D eigenvalue weighted by molar-refractivity contribution is -0.112. The minimum atomic E-state index is -0.355. The molecule has 0 bridgehead atoms. The van der Waals surface area contributed by atoms with Gasteiger partial charge in [0.05, 0.1) is 5.69 Å². The molecule has 6 heteroatoms. The van der Waals surface area contributed by atoms with Crippen LogP contribution in [-0.2, 0) is 4.79 Å². The molecule has 3 rings (SSSR count). The Hall–Kier alpha value is -3.31. The van der Waals surface area contributed by atoms with Gasteiger partial charge in [0.2, 0.25) is 0 Å². The van der Waals surface area contributed by atoms with Crippen molar-refractivity contribution in [1.29, 1.82) is 0 Å². The molecule has 1 aliphatic rings. The van der Waals surface area contributed by atoms with Gasteiger partial charge >= 0.3 is 0 Å². The van der Waals surface area contributed by atoms with E-state index >= 15 is 0 Å². The van der Waals surface area contributed by atoms with Crippen LogP contribution in [0.15, 0.2) is 88.8 Å². The summed E-state index contributed by atoms with van der Waals surface area (Å²) in [5.41, 5.74) is 2.43. The number of allylic oxidation sites excluding steroid dienone is 4. The Kier molecular flexibility index (Phi) is 5.66. The first-order chi connectivity index (χ1) is 13.3. The highest BCUT2D eigenvalue weighted by atomic mass is 35.5. The van der Waals surface area contributed by atoms with E-state index in [-0.39, 0.29) is 23.1 Å². The Morgan fingerprint density at radius 3 is 2.21 bits per heavy atom. The number of anilines is 1. The monoisotopic (exact) mass is 394 g/mol. The number of phenolic OH excluding ortho intramolecular Hbond substituents is 1. The van der Waals surface area contributed by atoms with Crippen molar-refractivity contribution in [1.82, 2.24) is 0 Å². The largest absolute Gasteiger partial charge is 0.508 e. The predicted molar refractivity (Wildman–Crippen MR) is 112 cm³/mol. The van der Waals surface area contributed by atoms with Gasteiger partial charge in [0.1, 0.15) is 17.2 Å². The van der Waals surface area contributed by atoms with Crippen LogP contribution in [0, 0.1) is 0 Å². The summed E-state index contributed by atoms with van der Waals surface area (Å²) in [6.45, 7) is 3.47. The highest BCUT2D eigenvalue weighted by Gasteiger charge is 2.25. The molecule has 0 fully saturated rings. The van der Waals surface area contributed by atoms with E-state index in [1.165, 1.54) is 29.2 Å². The van der Waals surface area contributed by atoms with Crippen LogP contribution in [-0.4, -0.2) is 21.8 Å². The van der Waals surface area contributed by atoms with Gasteiger partial charge in [-0.3, -0.25) is 9.69 Å². The van der Waals surface area contributed by atoms with Crippen LogP contribution in [0.5, 0.6) is 5.75 Å². The first-order valence-electron chi connectivity index (χ1n) is 8.59. The fourth-order valence-corrected chi connectivity index (χ4v) is 2.88. The summed E-state index contributed by atoms with van der Waals surface area (Å²) < 4.78 is 0. The third-order valence-corrected chi connectivity index (χ3v) is 4.42. The van der Waals surface area contributed by atoms with Gasteiger partial charge in [-0.25, -0.2) is 4.99 Å². The van der Waals surface area contributed by atoms with Crippen molar-refractivity contribution in [3.63, 3.8) is 0 Å². The second kappa shape index (κ2) is 8.15. The van der Waals surface area contributed by atoms with E-state index in [9.17, 15) is 15.0 Å². The molecule has 2 N–H and O–H groups in total. The second-order valence-corrected chi connectivity index (χ2v) is 6.76.